The molecule has 1 aliphatic rings. The van der Waals surface area contributed by atoms with Gasteiger partial charge in [0.05, 0.1) is 0 Å². The van der Waals surface area contributed by atoms with Gasteiger partial charge in [-0.1, -0.05) is 13.8 Å². The zero-order valence-corrected chi connectivity index (χ0v) is 10.7. The summed E-state index contributed by atoms with van der Waals surface area (Å²) >= 11 is 0. The largest absolute Gasteiger partial charge is 0.370 e. The summed E-state index contributed by atoms with van der Waals surface area (Å²) in [6.45, 7) is 7.34. The third kappa shape index (κ3) is 3.33. The molecule has 0 unspecified atom stereocenters. The maximum absolute atomic E-state index is 5.93. The van der Waals surface area contributed by atoms with Crippen LogP contribution in [0.25, 0.3) is 0 Å². The molecule has 0 bridgehead atoms. The second kappa shape index (κ2) is 5.36. The van der Waals surface area contributed by atoms with Gasteiger partial charge < -0.3 is 16.0 Å². The van der Waals surface area contributed by atoms with Crippen LogP contribution in [-0.4, -0.2) is 30.7 Å². The summed E-state index contributed by atoms with van der Waals surface area (Å²) in [4.78, 5) is 6.66. The number of nitrogens with one attached hydrogen (secondary N) is 1. The summed E-state index contributed by atoms with van der Waals surface area (Å²) in [5, 5.41) is 3.35. The molecule has 0 saturated carbocycles. The number of nitrogens with two attached hydrogens (primary N) is 1. The molecule has 1 saturated heterocycles. The molecule has 0 aliphatic carbocycles. The molecule has 17 heavy (non-hydrogen) atoms. The van der Waals surface area contributed by atoms with E-state index in [1.54, 1.807) is 0 Å². The molecule has 0 spiro atoms. The van der Waals surface area contributed by atoms with Crippen LogP contribution >= 0.6 is 0 Å². The zero-order valence-electron chi connectivity index (χ0n) is 10.7. The normalized spacial score (nSPS) is 20.0. The van der Waals surface area contributed by atoms with Crippen molar-refractivity contribution in [1.29, 1.82) is 0 Å². The minimum atomic E-state index is 0.315. The van der Waals surface area contributed by atoms with Crippen molar-refractivity contribution in [2.45, 2.75) is 26.3 Å². The van der Waals surface area contributed by atoms with Crippen molar-refractivity contribution in [1.82, 2.24) is 4.98 Å². The average Bonchev–Trinajstić information content (AvgIpc) is 2.74. The summed E-state index contributed by atoms with van der Waals surface area (Å²) in [7, 11) is 0. The molecular formula is C13H22N4. The smallest absolute Gasteiger partial charge is 0.127 e. The van der Waals surface area contributed by atoms with Crippen molar-refractivity contribution >= 4 is 11.5 Å². The Morgan fingerprint density at radius 3 is 3.06 bits per heavy atom. The first kappa shape index (κ1) is 12.2. The second-order valence-electron chi connectivity index (χ2n) is 5.17. The lowest BCUT2D eigenvalue weighted by molar-refractivity contribution is 0.687. The molecule has 2 rings (SSSR count). The highest BCUT2D eigenvalue weighted by Gasteiger charge is 2.19. The molecule has 1 aromatic rings. The van der Waals surface area contributed by atoms with Crippen LogP contribution in [0.1, 0.15) is 20.3 Å². The number of anilines is 2. The Labute approximate surface area is 103 Å². The maximum atomic E-state index is 5.93. The van der Waals surface area contributed by atoms with Gasteiger partial charge in [0.15, 0.2) is 0 Å². The first-order chi connectivity index (χ1) is 8.15. The minimum absolute atomic E-state index is 0.315. The summed E-state index contributed by atoms with van der Waals surface area (Å²) in [5.41, 5.74) is 7.15. The Morgan fingerprint density at radius 1 is 1.59 bits per heavy atom. The van der Waals surface area contributed by atoms with Gasteiger partial charge in [-0.2, -0.15) is 0 Å². The van der Waals surface area contributed by atoms with Crippen LogP contribution in [0.15, 0.2) is 18.3 Å². The van der Waals surface area contributed by atoms with Crippen molar-refractivity contribution < 1.29 is 0 Å². The Morgan fingerprint density at radius 2 is 2.41 bits per heavy atom. The lowest BCUT2D eigenvalue weighted by Gasteiger charge is -2.19. The van der Waals surface area contributed by atoms with Gasteiger partial charge >= 0.3 is 0 Å². The van der Waals surface area contributed by atoms with E-state index < -0.39 is 0 Å². The molecule has 0 radical (unpaired) electrons. The Hall–Kier alpha value is -1.29. The van der Waals surface area contributed by atoms with E-state index in [-0.39, 0.29) is 0 Å². The molecule has 4 heteroatoms. The van der Waals surface area contributed by atoms with Gasteiger partial charge in [0.2, 0.25) is 0 Å². The standard InChI is InChI=1S/C13H22N4/c1-10(2)8-16-13-7-12(3-5-15-13)17-6-4-11(14)9-17/h3,5,7,10-11H,4,6,8-9,14H2,1-2H3,(H,15,16)/t11-/m0/s1. The van der Waals surface area contributed by atoms with Crippen LogP contribution in [-0.2, 0) is 0 Å². The first-order valence-electron chi connectivity index (χ1n) is 6.35. The Kier molecular flexibility index (Phi) is 3.84. The van der Waals surface area contributed by atoms with Gasteiger partial charge in [0.25, 0.3) is 0 Å². The van der Waals surface area contributed by atoms with Crippen molar-refractivity contribution in [3.8, 4) is 0 Å². The molecule has 0 amide bonds. The fraction of sp³-hybridized carbons (Fsp3) is 0.615. The van der Waals surface area contributed by atoms with Gasteiger partial charge in [-0.05, 0) is 18.4 Å². The highest BCUT2D eigenvalue weighted by molar-refractivity contribution is 5.54. The van der Waals surface area contributed by atoms with Crippen LogP contribution in [0.3, 0.4) is 0 Å². The highest BCUT2D eigenvalue weighted by Crippen LogP contribution is 2.21. The monoisotopic (exact) mass is 234 g/mol. The van der Waals surface area contributed by atoms with Crippen LogP contribution in [0.4, 0.5) is 11.5 Å². The second-order valence-corrected chi connectivity index (χ2v) is 5.17. The van der Waals surface area contributed by atoms with Crippen LogP contribution < -0.4 is 16.0 Å². The fourth-order valence-corrected chi connectivity index (χ4v) is 2.04. The van der Waals surface area contributed by atoms with Crippen molar-refractivity contribution in [2.75, 3.05) is 29.9 Å². The van der Waals surface area contributed by atoms with Gasteiger partial charge in [-0.25, -0.2) is 4.98 Å². The van der Waals surface area contributed by atoms with Gasteiger partial charge in [0.1, 0.15) is 5.82 Å². The summed E-state index contributed by atoms with van der Waals surface area (Å²) in [6.07, 6.45) is 2.94. The third-order valence-corrected chi connectivity index (χ3v) is 3.02. The van der Waals surface area contributed by atoms with E-state index in [9.17, 15) is 0 Å². The maximum Gasteiger partial charge on any atom is 0.127 e. The Bertz CT molecular complexity index is 364. The van der Waals surface area contributed by atoms with E-state index in [1.165, 1.54) is 5.69 Å². The summed E-state index contributed by atoms with van der Waals surface area (Å²) in [6, 6.07) is 4.48. The predicted octanol–water partition coefficient (Wildman–Crippen LogP) is 1.69. The van der Waals surface area contributed by atoms with Crippen molar-refractivity contribution in [2.24, 2.45) is 11.7 Å². The van der Waals surface area contributed by atoms with Crippen molar-refractivity contribution in [3.63, 3.8) is 0 Å². The average molecular weight is 234 g/mol. The lowest BCUT2D eigenvalue weighted by Crippen LogP contribution is -2.26. The molecule has 4 nitrogen and oxygen atoms in total. The number of rotatable bonds is 4. The van der Waals surface area contributed by atoms with E-state index in [0.717, 1.165) is 31.9 Å². The van der Waals surface area contributed by atoms with E-state index in [1.807, 2.05) is 6.20 Å². The van der Waals surface area contributed by atoms with Crippen molar-refractivity contribution in [3.05, 3.63) is 18.3 Å². The van der Waals surface area contributed by atoms with E-state index in [4.69, 9.17) is 5.73 Å². The van der Waals surface area contributed by atoms with Crippen LogP contribution in [0.5, 0.6) is 0 Å². The van der Waals surface area contributed by atoms with Gasteiger partial charge in [-0.3, -0.25) is 0 Å². The molecule has 1 aliphatic heterocycles. The highest BCUT2D eigenvalue weighted by atomic mass is 15.2. The van der Waals surface area contributed by atoms with Crippen LogP contribution in [0, 0.1) is 5.92 Å². The predicted molar refractivity (Wildman–Crippen MR) is 72.4 cm³/mol. The van der Waals surface area contributed by atoms with E-state index in [2.05, 4.69) is 41.2 Å². The van der Waals surface area contributed by atoms with Gasteiger partial charge in [-0.15, -0.1) is 0 Å². The molecule has 0 aromatic carbocycles. The summed E-state index contributed by atoms with van der Waals surface area (Å²) in [5.74, 6) is 1.58. The molecule has 1 atom stereocenters. The number of hydrogen-bond donors (Lipinski definition) is 2. The lowest BCUT2D eigenvalue weighted by atomic mass is 10.2. The number of nitrogens with zero attached hydrogens (tertiary/aromatic N) is 2. The quantitative estimate of drug-likeness (QED) is 0.832. The molecule has 3 N–H and O–H groups in total. The number of aromatic nitrogens is 1. The summed E-state index contributed by atoms with van der Waals surface area (Å²) < 4.78 is 0. The molecule has 1 aromatic heterocycles. The third-order valence-electron chi connectivity index (χ3n) is 3.02. The molecule has 94 valence electrons. The van der Waals surface area contributed by atoms with Crippen LogP contribution in [0.2, 0.25) is 0 Å². The zero-order chi connectivity index (χ0) is 12.3. The Balaban J connectivity index is 2.01. The van der Waals surface area contributed by atoms with E-state index >= 15 is 0 Å². The topological polar surface area (TPSA) is 54.2 Å². The number of pyridine rings is 1. The first-order valence-corrected chi connectivity index (χ1v) is 6.35. The molecule has 2 heterocycles. The SMILES string of the molecule is CC(C)CNc1cc(N2CC[C@H](N)C2)ccn1. The fourth-order valence-electron chi connectivity index (χ4n) is 2.04. The minimum Gasteiger partial charge on any atom is -0.370 e. The van der Waals surface area contributed by atoms with Gasteiger partial charge in [0, 0.05) is 43.6 Å². The molecule has 1 fully saturated rings. The number of hydrogen-bond acceptors (Lipinski definition) is 4. The van der Waals surface area contributed by atoms with E-state index in [0.29, 0.717) is 12.0 Å². The molecular weight excluding hydrogens is 212 g/mol.